The Morgan fingerprint density at radius 3 is 2.61 bits per heavy atom. The van der Waals surface area contributed by atoms with Crippen molar-refractivity contribution in [3.8, 4) is 5.75 Å². The summed E-state index contributed by atoms with van der Waals surface area (Å²) in [5.74, 6) is 0.975. The molecule has 152 valence electrons. The summed E-state index contributed by atoms with van der Waals surface area (Å²) in [5, 5.41) is 3.37. The predicted molar refractivity (Wildman–Crippen MR) is 115 cm³/mol. The Labute approximate surface area is 175 Å². The van der Waals surface area contributed by atoms with Gasteiger partial charge in [-0.05, 0) is 49.7 Å². The summed E-state index contributed by atoms with van der Waals surface area (Å²) < 4.78 is 32.5. The van der Waals surface area contributed by atoms with Crippen LogP contribution < -0.4 is 14.8 Å². The average molecular weight is 443 g/mol. The highest BCUT2D eigenvalue weighted by atomic mass is 35.5. The second-order valence-corrected chi connectivity index (χ2v) is 9.44. The van der Waals surface area contributed by atoms with Gasteiger partial charge in [0.05, 0.1) is 23.4 Å². The number of carbonyl (C=O) groups excluding carboxylic acids is 1. The quantitative estimate of drug-likeness (QED) is 0.615. The Morgan fingerprint density at radius 2 is 1.96 bits per heavy atom. The van der Waals surface area contributed by atoms with Gasteiger partial charge in [-0.25, -0.2) is 13.1 Å². The molecule has 6 nitrogen and oxygen atoms in total. The van der Waals surface area contributed by atoms with Gasteiger partial charge in [-0.2, -0.15) is 0 Å². The van der Waals surface area contributed by atoms with Crippen molar-refractivity contribution < 1.29 is 17.9 Å². The van der Waals surface area contributed by atoms with Crippen molar-refractivity contribution in [3.05, 3.63) is 53.1 Å². The van der Waals surface area contributed by atoms with Gasteiger partial charge in [-0.3, -0.25) is 4.79 Å². The third-order valence-corrected chi connectivity index (χ3v) is 6.43. The number of ether oxygens (including phenoxy) is 1. The van der Waals surface area contributed by atoms with Crippen molar-refractivity contribution >= 4 is 45.0 Å². The van der Waals surface area contributed by atoms with Crippen LogP contribution >= 0.6 is 23.4 Å². The smallest absolute Gasteiger partial charge is 0.240 e. The molecule has 0 atom stereocenters. The Morgan fingerprint density at radius 1 is 1.21 bits per heavy atom. The van der Waals surface area contributed by atoms with E-state index in [4.69, 9.17) is 16.3 Å². The molecular weight excluding hydrogens is 420 g/mol. The molecule has 2 aromatic carbocycles. The van der Waals surface area contributed by atoms with Crippen LogP contribution in [0.4, 0.5) is 5.69 Å². The summed E-state index contributed by atoms with van der Waals surface area (Å²) >= 11 is 7.39. The number of carbonyl (C=O) groups is 1. The van der Waals surface area contributed by atoms with Gasteiger partial charge in [0.1, 0.15) is 5.75 Å². The fourth-order valence-electron chi connectivity index (χ4n) is 2.40. The third-order valence-electron chi connectivity index (χ3n) is 3.54. The fourth-order valence-corrected chi connectivity index (χ4v) is 4.67. The molecule has 0 saturated heterocycles. The molecule has 1 amide bonds. The monoisotopic (exact) mass is 442 g/mol. The first-order valence-electron chi connectivity index (χ1n) is 8.53. The number of hydrogen-bond acceptors (Lipinski definition) is 5. The zero-order valence-corrected chi connectivity index (χ0v) is 18.2. The number of thioether (sulfide) groups is 1. The van der Waals surface area contributed by atoms with E-state index < -0.39 is 10.0 Å². The molecule has 0 aromatic heterocycles. The van der Waals surface area contributed by atoms with Gasteiger partial charge in [0.25, 0.3) is 0 Å². The number of rotatable bonds is 9. The molecule has 0 aliphatic rings. The van der Waals surface area contributed by atoms with Gasteiger partial charge < -0.3 is 10.1 Å². The molecule has 2 rings (SSSR count). The fraction of sp³-hybridized carbons (Fsp3) is 0.316. The van der Waals surface area contributed by atoms with Crippen LogP contribution in [-0.2, 0) is 20.6 Å². The Kier molecular flexibility index (Phi) is 8.18. The number of hydrogen-bond donors (Lipinski definition) is 2. The maximum atomic E-state index is 12.4. The Balaban J connectivity index is 2.05. The number of halogens is 1. The predicted octanol–water partition coefficient (Wildman–Crippen LogP) is 3.91. The van der Waals surface area contributed by atoms with Gasteiger partial charge in [-0.1, -0.05) is 23.7 Å². The molecule has 9 heteroatoms. The molecule has 0 unspecified atom stereocenters. The maximum Gasteiger partial charge on any atom is 0.240 e. The topological polar surface area (TPSA) is 84.5 Å². The molecule has 0 aliphatic heterocycles. The lowest BCUT2D eigenvalue weighted by molar-refractivity contribution is -0.113. The second-order valence-electron chi connectivity index (χ2n) is 6.31. The van der Waals surface area contributed by atoms with Crippen molar-refractivity contribution in [1.29, 1.82) is 0 Å². The normalized spacial score (nSPS) is 11.5. The number of sulfonamides is 1. The summed E-state index contributed by atoms with van der Waals surface area (Å²) in [6, 6.07) is 11.6. The summed E-state index contributed by atoms with van der Waals surface area (Å²) in [4.78, 5) is 12.4. The van der Waals surface area contributed by atoms with Crippen molar-refractivity contribution in [3.63, 3.8) is 0 Å². The number of nitrogens with one attached hydrogen (secondary N) is 2. The molecule has 0 aliphatic carbocycles. The number of methoxy groups -OCH3 is 1. The third kappa shape index (κ3) is 6.70. The second kappa shape index (κ2) is 10.2. The molecule has 0 heterocycles. The molecule has 2 N–H and O–H groups in total. The van der Waals surface area contributed by atoms with E-state index >= 15 is 0 Å². The highest BCUT2D eigenvalue weighted by Gasteiger charge is 2.18. The summed E-state index contributed by atoms with van der Waals surface area (Å²) in [6.45, 7) is 3.47. The van der Waals surface area contributed by atoms with E-state index in [0.29, 0.717) is 22.2 Å². The van der Waals surface area contributed by atoms with Crippen molar-refractivity contribution in [2.75, 3.05) is 18.2 Å². The minimum absolute atomic E-state index is 0.0591. The molecule has 0 saturated carbocycles. The Hall–Kier alpha value is -1.74. The number of amides is 1. The first-order chi connectivity index (χ1) is 13.2. The van der Waals surface area contributed by atoms with Gasteiger partial charge in [0.2, 0.25) is 15.9 Å². The molecule has 0 spiro atoms. The average Bonchev–Trinajstić information content (AvgIpc) is 2.60. The van der Waals surface area contributed by atoms with Crippen LogP contribution in [0, 0.1) is 0 Å². The van der Waals surface area contributed by atoms with E-state index in [1.54, 1.807) is 19.9 Å². The van der Waals surface area contributed by atoms with Gasteiger partial charge >= 0.3 is 0 Å². The molecule has 0 fully saturated rings. The van der Waals surface area contributed by atoms with Crippen molar-refractivity contribution in [2.24, 2.45) is 0 Å². The summed E-state index contributed by atoms with van der Waals surface area (Å²) in [5.41, 5.74) is 1.33. The highest BCUT2D eigenvalue weighted by molar-refractivity contribution is 7.99. The lowest BCUT2D eigenvalue weighted by Crippen LogP contribution is -2.30. The van der Waals surface area contributed by atoms with E-state index in [0.717, 1.165) is 5.56 Å². The maximum absolute atomic E-state index is 12.4. The van der Waals surface area contributed by atoms with Crippen LogP contribution in [0.5, 0.6) is 5.75 Å². The standard InChI is InChI=1S/C19H23ClN2O4S2/c1-13(2)22-28(24,25)16-7-8-18(26-3)17(10-16)21-19(23)12-27-11-14-5-4-6-15(20)9-14/h4-10,13,22H,11-12H2,1-3H3,(H,21,23). The van der Waals surface area contributed by atoms with Crippen molar-refractivity contribution in [1.82, 2.24) is 4.72 Å². The van der Waals surface area contributed by atoms with E-state index in [2.05, 4.69) is 10.0 Å². The van der Waals surface area contributed by atoms with Gasteiger partial charge in [0, 0.05) is 16.8 Å². The van der Waals surface area contributed by atoms with Crippen LogP contribution in [0.3, 0.4) is 0 Å². The molecule has 2 aromatic rings. The van der Waals surface area contributed by atoms with E-state index in [1.165, 1.54) is 37.1 Å². The van der Waals surface area contributed by atoms with E-state index in [-0.39, 0.29) is 22.6 Å². The van der Waals surface area contributed by atoms with Crippen LogP contribution in [0.2, 0.25) is 5.02 Å². The summed E-state index contributed by atoms with van der Waals surface area (Å²) in [6.07, 6.45) is 0. The van der Waals surface area contributed by atoms with Crippen LogP contribution in [0.25, 0.3) is 0 Å². The minimum Gasteiger partial charge on any atom is -0.495 e. The highest BCUT2D eigenvalue weighted by Crippen LogP contribution is 2.28. The van der Waals surface area contributed by atoms with Crippen LogP contribution in [-0.4, -0.2) is 33.2 Å². The molecular formula is C19H23ClN2O4S2. The van der Waals surface area contributed by atoms with Gasteiger partial charge in [-0.15, -0.1) is 11.8 Å². The van der Waals surface area contributed by atoms with Crippen LogP contribution in [0.1, 0.15) is 19.4 Å². The zero-order chi connectivity index (χ0) is 20.7. The summed E-state index contributed by atoms with van der Waals surface area (Å²) in [7, 11) is -2.22. The molecule has 0 radical (unpaired) electrons. The lowest BCUT2D eigenvalue weighted by atomic mass is 10.2. The first-order valence-corrected chi connectivity index (χ1v) is 11.6. The largest absolute Gasteiger partial charge is 0.495 e. The SMILES string of the molecule is COc1ccc(S(=O)(=O)NC(C)C)cc1NC(=O)CSCc1cccc(Cl)c1. The van der Waals surface area contributed by atoms with Crippen LogP contribution in [0.15, 0.2) is 47.4 Å². The first kappa shape index (κ1) is 22.5. The number of anilines is 1. The molecule has 28 heavy (non-hydrogen) atoms. The van der Waals surface area contributed by atoms with E-state index in [9.17, 15) is 13.2 Å². The Bertz CT molecular complexity index is 933. The minimum atomic E-state index is -3.67. The number of benzene rings is 2. The van der Waals surface area contributed by atoms with E-state index in [1.807, 2.05) is 18.2 Å². The molecule has 0 bridgehead atoms. The zero-order valence-electron chi connectivity index (χ0n) is 15.9. The lowest BCUT2D eigenvalue weighted by Gasteiger charge is -2.14. The van der Waals surface area contributed by atoms with Gasteiger partial charge in [0.15, 0.2) is 0 Å². The van der Waals surface area contributed by atoms with Crippen molar-refractivity contribution in [2.45, 2.75) is 30.5 Å².